The minimum atomic E-state index is -0.475. The van der Waals surface area contributed by atoms with Gasteiger partial charge in [0.2, 0.25) is 11.1 Å². The summed E-state index contributed by atoms with van der Waals surface area (Å²) < 4.78 is 7.99. The number of rotatable bonds is 10. The van der Waals surface area contributed by atoms with Crippen LogP contribution in [0.5, 0.6) is 5.75 Å². The van der Waals surface area contributed by atoms with Gasteiger partial charge in [-0.25, -0.2) is 4.68 Å². The van der Waals surface area contributed by atoms with Gasteiger partial charge in [-0.2, -0.15) is 4.98 Å². The Bertz CT molecular complexity index is 1220. The molecule has 2 heterocycles. The van der Waals surface area contributed by atoms with E-state index in [4.69, 9.17) is 14.8 Å². The quantitative estimate of drug-likeness (QED) is 0.260. The van der Waals surface area contributed by atoms with Crippen molar-refractivity contribution < 1.29 is 9.53 Å². The number of aromatic nitrogens is 3. The highest BCUT2D eigenvalue weighted by Crippen LogP contribution is 2.40. The molecule has 0 saturated carbocycles. The van der Waals surface area contributed by atoms with Gasteiger partial charge in [0.15, 0.2) is 0 Å². The topological polar surface area (TPSA) is 81.1 Å². The highest BCUT2D eigenvalue weighted by atomic mass is 32.2. The van der Waals surface area contributed by atoms with Crippen LogP contribution in [-0.4, -0.2) is 33.0 Å². The number of anilines is 2. The van der Waals surface area contributed by atoms with E-state index in [1.807, 2.05) is 67.1 Å². The molecule has 2 aromatic carbocycles. The zero-order valence-corrected chi connectivity index (χ0v) is 21.6. The average Bonchev–Trinajstić information content (AvgIpc) is 3.24. The van der Waals surface area contributed by atoms with E-state index >= 15 is 0 Å². The second kappa shape index (κ2) is 11.4. The Morgan fingerprint density at radius 1 is 1.14 bits per heavy atom. The van der Waals surface area contributed by atoms with Crippen molar-refractivity contribution in [3.63, 3.8) is 0 Å². The lowest BCUT2D eigenvalue weighted by Gasteiger charge is -2.29. The van der Waals surface area contributed by atoms with Crippen molar-refractivity contribution in [3.8, 4) is 5.75 Å². The minimum absolute atomic E-state index is 0.183. The first kappa shape index (κ1) is 24.9. The number of benzene rings is 2. The molecule has 3 aromatic rings. The van der Waals surface area contributed by atoms with Crippen LogP contribution in [0.1, 0.15) is 57.2 Å². The van der Waals surface area contributed by atoms with Crippen molar-refractivity contribution in [2.24, 2.45) is 0 Å². The van der Waals surface area contributed by atoms with Crippen molar-refractivity contribution in [2.45, 2.75) is 58.2 Å². The van der Waals surface area contributed by atoms with Crippen LogP contribution < -0.4 is 15.4 Å². The predicted octanol–water partition coefficient (Wildman–Crippen LogP) is 6.20. The average molecular weight is 492 g/mol. The fourth-order valence-corrected chi connectivity index (χ4v) is 4.74. The number of amides is 1. The Balaban J connectivity index is 1.77. The molecule has 0 saturated heterocycles. The first-order chi connectivity index (χ1) is 17.0. The van der Waals surface area contributed by atoms with E-state index < -0.39 is 6.04 Å². The zero-order chi connectivity index (χ0) is 24.8. The van der Waals surface area contributed by atoms with Gasteiger partial charge >= 0.3 is 0 Å². The fourth-order valence-electron chi connectivity index (χ4n) is 4.05. The molecule has 2 N–H and O–H groups in total. The molecule has 0 aliphatic carbocycles. The second-order valence-electron chi connectivity index (χ2n) is 8.64. The number of hydrogen-bond donors (Lipinski definition) is 2. The number of thioether (sulfide) groups is 1. The normalized spacial score (nSPS) is 14.9. The zero-order valence-electron chi connectivity index (χ0n) is 20.8. The van der Waals surface area contributed by atoms with Crippen LogP contribution in [0.4, 0.5) is 11.6 Å². The van der Waals surface area contributed by atoms with E-state index in [-0.39, 0.29) is 5.91 Å². The van der Waals surface area contributed by atoms with Gasteiger partial charge < -0.3 is 15.4 Å². The lowest BCUT2D eigenvalue weighted by Crippen LogP contribution is -2.31. The van der Waals surface area contributed by atoms with E-state index in [0.717, 1.165) is 53.3 Å². The lowest BCUT2D eigenvalue weighted by molar-refractivity contribution is -0.113. The number of carbonyl (C=O) groups excluding carboxylic acids is 1. The van der Waals surface area contributed by atoms with Crippen molar-refractivity contribution in [1.82, 2.24) is 14.8 Å². The maximum absolute atomic E-state index is 13.7. The smallest absolute Gasteiger partial charge is 0.255 e. The van der Waals surface area contributed by atoms with Crippen molar-refractivity contribution in [1.29, 1.82) is 0 Å². The van der Waals surface area contributed by atoms with Crippen molar-refractivity contribution in [2.75, 3.05) is 23.0 Å². The number of para-hydroxylation sites is 1. The molecule has 184 valence electrons. The van der Waals surface area contributed by atoms with Gasteiger partial charge in [0.1, 0.15) is 11.8 Å². The van der Waals surface area contributed by atoms with Crippen LogP contribution in [0.2, 0.25) is 0 Å². The van der Waals surface area contributed by atoms with Crippen molar-refractivity contribution in [3.05, 3.63) is 70.9 Å². The third-order valence-electron chi connectivity index (χ3n) is 5.76. The molecule has 35 heavy (non-hydrogen) atoms. The van der Waals surface area contributed by atoms with Crippen LogP contribution in [0.15, 0.2) is 65.0 Å². The number of nitrogens with zero attached hydrogens (tertiary/aromatic N) is 3. The third kappa shape index (κ3) is 5.70. The number of fused-ring (bicyclic) bond motifs is 1. The van der Waals surface area contributed by atoms with E-state index in [9.17, 15) is 4.79 Å². The molecule has 4 rings (SSSR count). The van der Waals surface area contributed by atoms with Crippen LogP contribution >= 0.6 is 11.8 Å². The number of allylic oxidation sites excluding steroid dienone is 1. The van der Waals surface area contributed by atoms with E-state index in [0.29, 0.717) is 23.3 Å². The van der Waals surface area contributed by atoms with Gasteiger partial charge in [-0.3, -0.25) is 4.79 Å². The molecule has 0 spiro atoms. The summed E-state index contributed by atoms with van der Waals surface area (Å²) in [6, 6.07) is 15.2. The number of carbonyl (C=O) groups is 1. The molecule has 0 fully saturated rings. The summed E-state index contributed by atoms with van der Waals surface area (Å²) in [4.78, 5) is 18.4. The largest absolute Gasteiger partial charge is 0.493 e. The molecular weight excluding hydrogens is 458 g/mol. The van der Waals surface area contributed by atoms with E-state index in [1.54, 1.807) is 11.8 Å². The van der Waals surface area contributed by atoms with E-state index in [1.165, 1.54) is 0 Å². The molecule has 0 radical (unpaired) electrons. The first-order valence-electron chi connectivity index (χ1n) is 12.2. The Morgan fingerprint density at radius 2 is 1.97 bits per heavy atom. The van der Waals surface area contributed by atoms with Crippen LogP contribution in [-0.2, 0) is 4.79 Å². The van der Waals surface area contributed by atoms with Crippen LogP contribution in [0, 0.1) is 6.92 Å². The summed E-state index contributed by atoms with van der Waals surface area (Å²) in [5, 5.41) is 11.9. The first-order valence-corrected chi connectivity index (χ1v) is 13.2. The predicted molar refractivity (Wildman–Crippen MR) is 142 cm³/mol. The highest BCUT2D eigenvalue weighted by molar-refractivity contribution is 7.99. The standard InChI is InChI=1S/C27H33N5O2S/c1-5-7-15-34-22-14-9-8-13-21(22)24-23(25(33)29-20-12-10-11-18(3)17-20)19(4)28-26-30-27(31-32(24)26)35-16-6-2/h8-14,17,24H,5-7,15-16H2,1-4H3,(H,29,33)(H,28,30,31). The van der Waals surface area contributed by atoms with Gasteiger partial charge in [-0.1, -0.05) is 62.4 Å². The van der Waals surface area contributed by atoms with Gasteiger partial charge in [0, 0.05) is 22.7 Å². The summed E-state index contributed by atoms with van der Waals surface area (Å²) in [5.41, 5.74) is 4.05. The maximum atomic E-state index is 13.7. The molecule has 1 aliphatic rings. The number of aryl methyl sites for hydroxylation is 1. The number of ether oxygens (including phenoxy) is 1. The third-order valence-corrected chi connectivity index (χ3v) is 6.80. The molecule has 8 heteroatoms. The maximum Gasteiger partial charge on any atom is 0.255 e. The Morgan fingerprint density at radius 3 is 2.74 bits per heavy atom. The number of unbranched alkanes of at least 4 members (excludes halogenated alkanes) is 1. The molecule has 7 nitrogen and oxygen atoms in total. The Hall–Kier alpha value is -3.26. The fraction of sp³-hybridized carbons (Fsp3) is 0.370. The Labute approximate surface area is 211 Å². The lowest BCUT2D eigenvalue weighted by atomic mass is 9.94. The summed E-state index contributed by atoms with van der Waals surface area (Å²) in [6.45, 7) is 8.81. The van der Waals surface area contributed by atoms with E-state index in [2.05, 4.69) is 24.5 Å². The molecule has 1 unspecified atom stereocenters. The Kier molecular flexibility index (Phi) is 8.13. The summed E-state index contributed by atoms with van der Waals surface area (Å²) in [6.07, 6.45) is 3.04. The molecular formula is C27H33N5O2S. The summed E-state index contributed by atoms with van der Waals surface area (Å²) >= 11 is 1.61. The highest BCUT2D eigenvalue weighted by Gasteiger charge is 2.36. The molecule has 1 aliphatic heterocycles. The van der Waals surface area contributed by atoms with Crippen LogP contribution in [0.3, 0.4) is 0 Å². The van der Waals surface area contributed by atoms with Gasteiger partial charge in [-0.05, 0) is 50.5 Å². The van der Waals surface area contributed by atoms with Gasteiger partial charge in [-0.15, -0.1) is 5.10 Å². The SMILES string of the molecule is CCCCOc1ccccc1C1C(C(=O)Nc2cccc(C)c2)=C(C)Nc2nc(SCCC)nn21. The molecule has 1 amide bonds. The number of nitrogens with one attached hydrogen (secondary N) is 2. The second-order valence-corrected chi connectivity index (χ2v) is 9.70. The van der Waals surface area contributed by atoms with Crippen LogP contribution in [0.25, 0.3) is 0 Å². The molecule has 0 bridgehead atoms. The molecule has 1 aromatic heterocycles. The van der Waals surface area contributed by atoms with Crippen molar-refractivity contribution >= 4 is 29.3 Å². The minimum Gasteiger partial charge on any atom is -0.493 e. The monoisotopic (exact) mass is 491 g/mol. The summed E-state index contributed by atoms with van der Waals surface area (Å²) in [7, 11) is 0. The number of hydrogen-bond acceptors (Lipinski definition) is 6. The summed E-state index contributed by atoms with van der Waals surface area (Å²) in [5.74, 6) is 2.13. The van der Waals surface area contributed by atoms with Gasteiger partial charge in [0.05, 0.1) is 12.2 Å². The van der Waals surface area contributed by atoms with Gasteiger partial charge in [0.25, 0.3) is 5.91 Å². The molecule has 1 atom stereocenters.